The maximum absolute atomic E-state index is 12.5. The van der Waals surface area contributed by atoms with Gasteiger partial charge < -0.3 is 10.1 Å². The number of hydrogen-bond donors (Lipinski definition) is 1. The number of aryl methyl sites for hydroxylation is 1. The first-order valence-electron chi connectivity index (χ1n) is 10.2. The van der Waals surface area contributed by atoms with Crippen molar-refractivity contribution in [3.05, 3.63) is 63.8 Å². The van der Waals surface area contributed by atoms with Crippen molar-refractivity contribution in [3.8, 4) is 11.8 Å². The molecule has 0 saturated heterocycles. The van der Waals surface area contributed by atoms with Crippen LogP contribution in [0.4, 0.5) is 5.00 Å². The van der Waals surface area contributed by atoms with Crippen LogP contribution < -0.4 is 5.32 Å². The minimum absolute atomic E-state index is 0.303. The molecule has 158 valence electrons. The van der Waals surface area contributed by atoms with Gasteiger partial charge >= 0.3 is 5.97 Å². The Morgan fingerprint density at radius 1 is 1.23 bits per heavy atom. The van der Waals surface area contributed by atoms with Gasteiger partial charge in [-0.15, -0.1) is 11.3 Å². The van der Waals surface area contributed by atoms with Crippen LogP contribution in [-0.2, 0) is 22.4 Å². The molecule has 1 amide bonds. The van der Waals surface area contributed by atoms with Gasteiger partial charge in [0.05, 0.1) is 23.1 Å². The topological polar surface area (TPSA) is 97.0 Å². The Kier molecular flexibility index (Phi) is 6.14. The fraction of sp³-hybridized carbons (Fsp3) is 0.304. The Labute approximate surface area is 184 Å². The molecule has 2 aromatic heterocycles. The van der Waals surface area contributed by atoms with Crippen LogP contribution >= 0.6 is 11.3 Å². The van der Waals surface area contributed by atoms with E-state index in [2.05, 4.69) is 16.5 Å². The lowest BCUT2D eigenvalue weighted by Gasteiger charge is -2.07. The molecule has 1 N–H and O–H groups in total. The summed E-state index contributed by atoms with van der Waals surface area (Å²) in [7, 11) is 0. The molecule has 3 aromatic rings. The van der Waals surface area contributed by atoms with Gasteiger partial charge in [-0.3, -0.25) is 4.79 Å². The molecule has 0 atom stereocenters. The van der Waals surface area contributed by atoms with Crippen LogP contribution in [0.3, 0.4) is 0 Å². The summed E-state index contributed by atoms with van der Waals surface area (Å²) in [6, 6.07) is 11.7. The van der Waals surface area contributed by atoms with Crippen molar-refractivity contribution < 1.29 is 14.3 Å². The molecule has 8 heteroatoms. The van der Waals surface area contributed by atoms with E-state index in [-0.39, 0.29) is 0 Å². The number of esters is 1. The Morgan fingerprint density at radius 2 is 2.00 bits per heavy atom. The number of nitrogens with one attached hydrogen (secondary N) is 1. The summed E-state index contributed by atoms with van der Waals surface area (Å²) < 4.78 is 6.85. The van der Waals surface area contributed by atoms with Gasteiger partial charge in [0, 0.05) is 4.88 Å². The third kappa shape index (κ3) is 4.37. The molecular weight excluding hydrogens is 412 g/mol. The predicted molar refractivity (Wildman–Crippen MR) is 118 cm³/mol. The van der Waals surface area contributed by atoms with E-state index in [1.807, 2.05) is 30.3 Å². The van der Waals surface area contributed by atoms with Crippen LogP contribution in [-0.4, -0.2) is 28.3 Å². The van der Waals surface area contributed by atoms with Crippen LogP contribution in [0.5, 0.6) is 0 Å². The number of carbonyl (C=O) groups is 2. The first-order valence-corrected chi connectivity index (χ1v) is 11.0. The van der Waals surface area contributed by atoms with Gasteiger partial charge in [0.15, 0.2) is 6.61 Å². The third-order valence-electron chi connectivity index (χ3n) is 5.35. The largest absolute Gasteiger partial charge is 0.452 e. The van der Waals surface area contributed by atoms with E-state index < -0.39 is 18.5 Å². The molecule has 0 unspecified atom stereocenters. The first kappa shape index (κ1) is 20.8. The van der Waals surface area contributed by atoms with E-state index in [9.17, 15) is 14.9 Å². The maximum atomic E-state index is 12.5. The van der Waals surface area contributed by atoms with Crippen LogP contribution in [0, 0.1) is 18.3 Å². The van der Waals surface area contributed by atoms with E-state index in [1.165, 1.54) is 22.4 Å². The number of benzene rings is 1. The van der Waals surface area contributed by atoms with Gasteiger partial charge in [0.1, 0.15) is 16.6 Å². The predicted octanol–water partition coefficient (Wildman–Crippen LogP) is 4.18. The number of carbonyl (C=O) groups excluding carboxylic acids is 2. The molecule has 7 nitrogen and oxygen atoms in total. The second-order valence-electron chi connectivity index (χ2n) is 7.40. The molecule has 0 bridgehead atoms. The van der Waals surface area contributed by atoms with Crippen molar-refractivity contribution >= 4 is 28.2 Å². The number of para-hydroxylation sites is 1. The minimum atomic E-state index is -0.614. The zero-order valence-corrected chi connectivity index (χ0v) is 18.0. The Bertz CT molecular complexity index is 1160. The van der Waals surface area contributed by atoms with Gasteiger partial charge in [-0.2, -0.15) is 10.4 Å². The summed E-state index contributed by atoms with van der Waals surface area (Å²) in [6.07, 6.45) is 6.55. The van der Waals surface area contributed by atoms with Gasteiger partial charge in [-0.05, 0) is 50.3 Å². The highest BCUT2D eigenvalue weighted by Gasteiger charge is 2.22. The summed E-state index contributed by atoms with van der Waals surface area (Å²) in [4.78, 5) is 26.1. The van der Waals surface area contributed by atoms with E-state index in [0.717, 1.165) is 43.4 Å². The summed E-state index contributed by atoms with van der Waals surface area (Å²) in [5.74, 6) is -1.08. The Balaban J connectivity index is 1.40. The summed E-state index contributed by atoms with van der Waals surface area (Å²) >= 11 is 1.45. The number of ether oxygens (including phenoxy) is 1. The van der Waals surface area contributed by atoms with E-state index >= 15 is 0 Å². The fourth-order valence-electron chi connectivity index (χ4n) is 3.76. The summed E-state index contributed by atoms with van der Waals surface area (Å²) in [5.41, 5.74) is 3.36. The smallest absolute Gasteiger partial charge is 0.342 e. The molecule has 0 fully saturated rings. The standard InChI is InChI=1S/C23H22N4O3S/c1-15-19(13-25-27(15)16-8-4-2-5-9-16)23(29)30-14-21(28)26-22-18(12-24)17-10-6-3-7-11-20(17)31-22/h2,4-5,8-9,13H,3,6-7,10-11,14H2,1H3,(H,26,28). The van der Waals surface area contributed by atoms with Gasteiger partial charge in [-0.25, -0.2) is 9.48 Å². The zero-order chi connectivity index (χ0) is 21.8. The average Bonchev–Trinajstić information content (AvgIpc) is 3.23. The lowest BCUT2D eigenvalue weighted by Crippen LogP contribution is -2.21. The quantitative estimate of drug-likeness (QED) is 0.480. The lowest BCUT2D eigenvalue weighted by molar-refractivity contribution is -0.119. The molecule has 4 rings (SSSR count). The SMILES string of the molecule is Cc1c(C(=O)OCC(=O)Nc2sc3c(c2C#N)CCCCC3)cnn1-c1ccccc1. The van der Waals surface area contributed by atoms with Crippen LogP contribution in [0.15, 0.2) is 36.5 Å². The summed E-state index contributed by atoms with van der Waals surface area (Å²) in [6.45, 7) is 1.34. The van der Waals surface area contributed by atoms with Crippen LogP contribution in [0.2, 0.25) is 0 Å². The number of thiophene rings is 1. The lowest BCUT2D eigenvalue weighted by atomic mass is 10.1. The number of aromatic nitrogens is 2. The molecular formula is C23H22N4O3S. The molecule has 1 aromatic carbocycles. The average molecular weight is 435 g/mol. The normalized spacial score (nSPS) is 13.0. The van der Waals surface area contributed by atoms with E-state index in [0.29, 0.717) is 21.8 Å². The molecule has 2 heterocycles. The monoisotopic (exact) mass is 434 g/mol. The summed E-state index contributed by atoms with van der Waals surface area (Å²) in [5, 5.41) is 17.1. The molecule has 0 spiro atoms. The molecule has 31 heavy (non-hydrogen) atoms. The number of amides is 1. The van der Waals surface area contributed by atoms with Crippen molar-refractivity contribution in [2.75, 3.05) is 11.9 Å². The van der Waals surface area contributed by atoms with Crippen molar-refractivity contribution in [1.29, 1.82) is 5.26 Å². The number of rotatable bonds is 5. The number of nitriles is 1. The van der Waals surface area contributed by atoms with E-state index in [1.54, 1.807) is 11.6 Å². The maximum Gasteiger partial charge on any atom is 0.342 e. The van der Waals surface area contributed by atoms with E-state index in [4.69, 9.17) is 4.74 Å². The highest BCUT2D eigenvalue weighted by molar-refractivity contribution is 7.16. The Hall–Kier alpha value is -3.44. The van der Waals surface area contributed by atoms with Crippen molar-refractivity contribution in [1.82, 2.24) is 9.78 Å². The van der Waals surface area contributed by atoms with Crippen LogP contribution in [0.1, 0.15) is 51.3 Å². The number of fused-ring (bicyclic) bond motifs is 1. The number of hydrogen-bond acceptors (Lipinski definition) is 6. The first-order chi connectivity index (χ1) is 15.1. The molecule has 0 radical (unpaired) electrons. The molecule has 0 aliphatic heterocycles. The molecule has 1 aliphatic carbocycles. The molecule has 1 aliphatic rings. The van der Waals surface area contributed by atoms with Gasteiger partial charge in [-0.1, -0.05) is 24.6 Å². The fourth-order valence-corrected chi connectivity index (χ4v) is 5.02. The second kappa shape index (κ2) is 9.14. The number of anilines is 1. The van der Waals surface area contributed by atoms with Crippen molar-refractivity contribution in [2.45, 2.75) is 39.0 Å². The van der Waals surface area contributed by atoms with Crippen molar-refractivity contribution in [2.24, 2.45) is 0 Å². The second-order valence-corrected chi connectivity index (χ2v) is 8.50. The van der Waals surface area contributed by atoms with Crippen LogP contribution in [0.25, 0.3) is 5.69 Å². The third-order valence-corrected chi connectivity index (χ3v) is 6.56. The minimum Gasteiger partial charge on any atom is -0.452 e. The van der Waals surface area contributed by atoms with Gasteiger partial charge in [0.2, 0.25) is 0 Å². The molecule has 0 saturated carbocycles. The van der Waals surface area contributed by atoms with Gasteiger partial charge in [0.25, 0.3) is 5.91 Å². The highest BCUT2D eigenvalue weighted by atomic mass is 32.1. The number of nitrogens with zero attached hydrogens (tertiary/aromatic N) is 3. The van der Waals surface area contributed by atoms with Crippen molar-refractivity contribution in [3.63, 3.8) is 0 Å². The highest BCUT2D eigenvalue weighted by Crippen LogP contribution is 2.36. The zero-order valence-electron chi connectivity index (χ0n) is 17.2. The Morgan fingerprint density at radius 3 is 2.77 bits per heavy atom.